The average Bonchev–Trinajstić information content (AvgIpc) is 2.94. The highest BCUT2D eigenvalue weighted by Gasteiger charge is 2.36. The molecule has 100 valence electrons. The monoisotopic (exact) mass is 263 g/mol. The van der Waals surface area contributed by atoms with Crippen LogP contribution in [0.15, 0.2) is 24.3 Å². The average molecular weight is 263 g/mol. The third-order valence-corrected chi connectivity index (χ3v) is 3.33. The first-order chi connectivity index (χ1) is 9.13. The minimum atomic E-state index is -1.09. The maximum atomic E-state index is 10.0. The van der Waals surface area contributed by atoms with Gasteiger partial charge in [-0.05, 0) is 5.57 Å². The van der Waals surface area contributed by atoms with Gasteiger partial charge in [-0.25, -0.2) is 15.0 Å². The Morgan fingerprint density at radius 3 is 2.74 bits per heavy atom. The Bertz CT molecular complexity index is 653. The molecule has 0 aliphatic heterocycles. The van der Waals surface area contributed by atoms with Crippen molar-refractivity contribution >= 4 is 17.0 Å². The molecule has 5 N–H and O–H groups in total. The van der Waals surface area contributed by atoms with Crippen LogP contribution in [0.1, 0.15) is 6.04 Å². The van der Waals surface area contributed by atoms with E-state index in [9.17, 15) is 10.2 Å². The van der Waals surface area contributed by atoms with Crippen molar-refractivity contribution in [2.24, 2.45) is 0 Å². The summed E-state index contributed by atoms with van der Waals surface area (Å²) in [6, 6.07) is -0.545. The SMILES string of the molecule is Nc1ncnc2c1ncn2[C@@H]1C=C(CO)C(O)C1O. The molecule has 3 atom stereocenters. The number of imidazole rings is 1. The van der Waals surface area contributed by atoms with Crippen LogP contribution >= 0.6 is 0 Å². The normalized spacial score (nSPS) is 26.9. The molecule has 2 aromatic heterocycles. The molecule has 3 rings (SSSR count). The lowest BCUT2D eigenvalue weighted by Crippen LogP contribution is -2.30. The number of nitrogens with two attached hydrogens (primary N) is 1. The van der Waals surface area contributed by atoms with Crippen molar-refractivity contribution in [3.05, 3.63) is 24.3 Å². The Kier molecular flexibility index (Phi) is 2.70. The van der Waals surface area contributed by atoms with E-state index in [2.05, 4.69) is 15.0 Å². The largest absolute Gasteiger partial charge is 0.392 e. The van der Waals surface area contributed by atoms with E-state index in [0.29, 0.717) is 16.7 Å². The summed E-state index contributed by atoms with van der Waals surface area (Å²) in [5.41, 5.74) is 6.98. The molecule has 0 saturated heterocycles. The lowest BCUT2D eigenvalue weighted by molar-refractivity contribution is 0.0287. The van der Waals surface area contributed by atoms with E-state index in [-0.39, 0.29) is 12.4 Å². The molecule has 1 aliphatic rings. The molecule has 0 bridgehead atoms. The first-order valence-corrected chi connectivity index (χ1v) is 5.74. The van der Waals surface area contributed by atoms with Crippen molar-refractivity contribution in [3.63, 3.8) is 0 Å². The van der Waals surface area contributed by atoms with Crippen molar-refractivity contribution < 1.29 is 15.3 Å². The summed E-state index contributed by atoms with van der Waals surface area (Å²) >= 11 is 0. The fourth-order valence-electron chi connectivity index (χ4n) is 2.30. The third kappa shape index (κ3) is 1.69. The molecule has 0 fully saturated rings. The number of anilines is 1. The standard InChI is InChI=1S/C11H13N5O3/c12-10-7-11(14-3-13-10)16(4-15-7)6-1-5(2-17)8(18)9(6)19/h1,3-4,6,8-9,17-19H,2H2,(H2,12,13,14)/t6-,8?,9?/m1/s1. The number of aromatic nitrogens is 4. The van der Waals surface area contributed by atoms with E-state index in [0.717, 1.165) is 0 Å². The molecule has 0 radical (unpaired) electrons. The van der Waals surface area contributed by atoms with Crippen molar-refractivity contribution in [1.82, 2.24) is 19.5 Å². The quantitative estimate of drug-likeness (QED) is 0.490. The second-order valence-electron chi connectivity index (χ2n) is 4.41. The number of rotatable bonds is 2. The number of nitrogen functional groups attached to an aromatic ring is 1. The van der Waals surface area contributed by atoms with Crippen LogP contribution < -0.4 is 5.73 Å². The highest BCUT2D eigenvalue weighted by molar-refractivity contribution is 5.81. The Labute approximate surface area is 107 Å². The summed E-state index contributed by atoms with van der Waals surface area (Å²) in [5, 5.41) is 28.9. The molecule has 2 unspecified atom stereocenters. The van der Waals surface area contributed by atoms with Gasteiger partial charge in [-0.15, -0.1) is 0 Å². The number of nitrogens with zero attached hydrogens (tertiary/aromatic N) is 4. The molecule has 8 nitrogen and oxygen atoms in total. The summed E-state index contributed by atoms with van der Waals surface area (Å²) in [7, 11) is 0. The van der Waals surface area contributed by atoms with E-state index >= 15 is 0 Å². The summed E-state index contributed by atoms with van der Waals surface area (Å²) < 4.78 is 1.60. The fourth-order valence-corrected chi connectivity index (χ4v) is 2.30. The van der Waals surface area contributed by atoms with Gasteiger partial charge in [-0.2, -0.15) is 0 Å². The second-order valence-corrected chi connectivity index (χ2v) is 4.41. The van der Waals surface area contributed by atoms with Crippen LogP contribution in [0.25, 0.3) is 11.2 Å². The minimum Gasteiger partial charge on any atom is -0.392 e. The molecule has 2 aromatic rings. The van der Waals surface area contributed by atoms with Gasteiger partial charge in [0.2, 0.25) is 0 Å². The van der Waals surface area contributed by atoms with Gasteiger partial charge in [0.05, 0.1) is 19.0 Å². The molecule has 2 heterocycles. The molecule has 1 aliphatic carbocycles. The van der Waals surface area contributed by atoms with Crippen LogP contribution in [0.2, 0.25) is 0 Å². The third-order valence-electron chi connectivity index (χ3n) is 3.33. The van der Waals surface area contributed by atoms with Gasteiger partial charge < -0.3 is 25.6 Å². The molecule has 0 spiro atoms. The summed E-state index contributed by atoms with van der Waals surface area (Å²) in [4.78, 5) is 12.0. The number of aliphatic hydroxyl groups is 3. The Morgan fingerprint density at radius 2 is 2.05 bits per heavy atom. The highest BCUT2D eigenvalue weighted by Crippen LogP contribution is 2.31. The summed E-state index contributed by atoms with van der Waals surface area (Å²) in [6.45, 7) is -0.307. The molecule has 8 heteroatoms. The predicted octanol–water partition coefficient (Wildman–Crippen LogP) is -1.40. The lowest BCUT2D eigenvalue weighted by Gasteiger charge is -2.18. The van der Waals surface area contributed by atoms with Gasteiger partial charge in [0.15, 0.2) is 11.5 Å². The first-order valence-electron chi connectivity index (χ1n) is 5.74. The smallest absolute Gasteiger partial charge is 0.166 e. The number of fused-ring (bicyclic) bond motifs is 1. The summed E-state index contributed by atoms with van der Waals surface area (Å²) in [5.74, 6) is 0.253. The molecule has 19 heavy (non-hydrogen) atoms. The van der Waals surface area contributed by atoms with Crippen LogP contribution in [0.3, 0.4) is 0 Å². The first kappa shape index (κ1) is 12.0. The van der Waals surface area contributed by atoms with Crippen LogP contribution in [-0.4, -0.2) is 53.7 Å². The zero-order valence-electron chi connectivity index (χ0n) is 9.88. The summed E-state index contributed by atoms with van der Waals surface area (Å²) in [6.07, 6.45) is 2.24. The van der Waals surface area contributed by atoms with E-state index in [4.69, 9.17) is 10.8 Å². The Hall–Kier alpha value is -2.03. The van der Waals surface area contributed by atoms with Crippen molar-refractivity contribution in [2.75, 3.05) is 12.3 Å². The number of hydrogen-bond acceptors (Lipinski definition) is 7. The van der Waals surface area contributed by atoms with Crippen LogP contribution in [0.5, 0.6) is 0 Å². The predicted molar refractivity (Wildman–Crippen MR) is 66.0 cm³/mol. The zero-order valence-corrected chi connectivity index (χ0v) is 9.88. The lowest BCUT2D eigenvalue weighted by atomic mass is 10.1. The van der Waals surface area contributed by atoms with Gasteiger partial charge in [0, 0.05) is 0 Å². The minimum absolute atomic E-state index is 0.253. The Morgan fingerprint density at radius 1 is 1.26 bits per heavy atom. The van der Waals surface area contributed by atoms with E-state index in [1.807, 2.05) is 0 Å². The molecule has 0 amide bonds. The van der Waals surface area contributed by atoms with Crippen molar-refractivity contribution in [1.29, 1.82) is 0 Å². The van der Waals surface area contributed by atoms with E-state index in [1.54, 1.807) is 10.6 Å². The topological polar surface area (TPSA) is 130 Å². The second kappa shape index (κ2) is 4.26. The maximum Gasteiger partial charge on any atom is 0.166 e. The fraction of sp³-hybridized carbons (Fsp3) is 0.364. The van der Waals surface area contributed by atoms with Gasteiger partial charge in [-0.3, -0.25) is 0 Å². The molecule has 0 saturated carbocycles. The van der Waals surface area contributed by atoms with Crippen LogP contribution in [0.4, 0.5) is 5.82 Å². The Balaban J connectivity index is 2.11. The maximum absolute atomic E-state index is 10.0. The number of aliphatic hydroxyl groups excluding tert-OH is 3. The van der Waals surface area contributed by atoms with Crippen molar-refractivity contribution in [2.45, 2.75) is 18.2 Å². The van der Waals surface area contributed by atoms with Crippen LogP contribution in [-0.2, 0) is 0 Å². The van der Waals surface area contributed by atoms with E-state index < -0.39 is 18.2 Å². The van der Waals surface area contributed by atoms with Crippen LogP contribution in [0, 0.1) is 0 Å². The van der Waals surface area contributed by atoms with Gasteiger partial charge in [-0.1, -0.05) is 6.08 Å². The zero-order chi connectivity index (χ0) is 13.6. The van der Waals surface area contributed by atoms with Gasteiger partial charge >= 0.3 is 0 Å². The van der Waals surface area contributed by atoms with Crippen molar-refractivity contribution in [3.8, 4) is 0 Å². The molecular formula is C11H13N5O3. The number of hydrogen-bond donors (Lipinski definition) is 4. The molecular weight excluding hydrogens is 250 g/mol. The highest BCUT2D eigenvalue weighted by atomic mass is 16.3. The van der Waals surface area contributed by atoms with Gasteiger partial charge in [0.25, 0.3) is 0 Å². The van der Waals surface area contributed by atoms with E-state index in [1.165, 1.54) is 12.7 Å². The molecule has 0 aromatic carbocycles. The van der Waals surface area contributed by atoms with Gasteiger partial charge in [0.1, 0.15) is 24.1 Å².